The zero-order chi connectivity index (χ0) is 7.56. The summed E-state index contributed by atoms with van der Waals surface area (Å²) in [6.45, 7) is 1.85. The molecule has 0 saturated heterocycles. The van der Waals surface area contributed by atoms with Crippen molar-refractivity contribution in [2.45, 2.75) is 13.3 Å². The van der Waals surface area contributed by atoms with Crippen LogP contribution in [0.15, 0.2) is 23.4 Å². The van der Waals surface area contributed by atoms with Crippen LogP contribution >= 0.6 is 0 Å². The van der Waals surface area contributed by atoms with Crippen LogP contribution in [0.4, 0.5) is 0 Å². The van der Waals surface area contributed by atoms with Crippen molar-refractivity contribution < 1.29 is 5.21 Å². The Morgan fingerprint density at radius 3 is 2.80 bits per heavy atom. The van der Waals surface area contributed by atoms with Gasteiger partial charge in [-0.05, 0) is 12.5 Å². The number of hydroxylamine groups is 1. The second kappa shape index (κ2) is 2.66. The standard InChI is InChI=1S/C7H10N2O/c1-5-3-2-4-6(8)7(5)9-10/h2-3,8-10H,4H2,1H3. The molecule has 3 N–H and O–H groups in total. The molecule has 0 saturated carbocycles. The summed E-state index contributed by atoms with van der Waals surface area (Å²) in [6.07, 6.45) is 4.38. The van der Waals surface area contributed by atoms with Crippen molar-refractivity contribution in [1.29, 1.82) is 5.41 Å². The highest BCUT2D eigenvalue weighted by Gasteiger charge is 2.08. The number of rotatable bonds is 1. The minimum absolute atomic E-state index is 0.433. The van der Waals surface area contributed by atoms with E-state index in [-0.39, 0.29) is 0 Å². The first-order valence-corrected chi connectivity index (χ1v) is 3.11. The van der Waals surface area contributed by atoms with Crippen LogP contribution in [0, 0.1) is 5.41 Å². The number of nitrogens with one attached hydrogen (secondary N) is 2. The summed E-state index contributed by atoms with van der Waals surface area (Å²) in [5, 5.41) is 15.9. The van der Waals surface area contributed by atoms with E-state index in [0.717, 1.165) is 5.57 Å². The molecule has 3 heteroatoms. The van der Waals surface area contributed by atoms with Crippen LogP contribution in [0.25, 0.3) is 0 Å². The molecule has 0 aromatic heterocycles. The largest absolute Gasteiger partial charge is 0.303 e. The van der Waals surface area contributed by atoms with Crippen molar-refractivity contribution in [3.63, 3.8) is 0 Å². The topological polar surface area (TPSA) is 56.1 Å². The molecular weight excluding hydrogens is 128 g/mol. The summed E-state index contributed by atoms with van der Waals surface area (Å²) in [5.41, 5.74) is 3.87. The van der Waals surface area contributed by atoms with E-state index in [1.165, 1.54) is 0 Å². The monoisotopic (exact) mass is 138 g/mol. The van der Waals surface area contributed by atoms with Gasteiger partial charge in [-0.25, -0.2) is 0 Å². The molecule has 1 aliphatic carbocycles. The lowest BCUT2D eigenvalue weighted by atomic mass is 10.0. The summed E-state index contributed by atoms with van der Waals surface area (Å²) in [4.78, 5) is 0. The van der Waals surface area contributed by atoms with Gasteiger partial charge in [0.15, 0.2) is 0 Å². The molecule has 0 aromatic carbocycles. The van der Waals surface area contributed by atoms with Gasteiger partial charge in [-0.15, -0.1) is 0 Å². The summed E-state index contributed by atoms with van der Waals surface area (Å²) in [7, 11) is 0. The minimum Gasteiger partial charge on any atom is -0.303 e. The Labute approximate surface area is 59.5 Å². The van der Waals surface area contributed by atoms with Gasteiger partial charge in [0, 0.05) is 6.42 Å². The van der Waals surface area contributed by atoms with Gasteiger partial charge in [0.25, 0.3) is 0 Å². The summed E-state index contributed by atoms with van der Waals surface area (Å²) < 4.78 is 0. The molecule has 0 unspecified atom stereocenters. The normalized spacial score (nSPS) is 18.0. The third kappa shape index (κ3) is 1.09. The Kier molecular flexibility index (Phi) is 1.87. The van der Waals surface area contributed by atoms with E-state index in [1.54, 1.807) is 0 Å². The Morgan fingerprint density at radius 1 is 1.70 bits per heavy atom. The number of hydrogen-bond donors (Lipinski definition) is 3. The maximum atomic E-state index is 8.55. The highest BCUT2D eigenvalue weighted by molar-refractivity contribution is 6.00. The maximum Gasteiger partial charge on any atom is 0.0841 e. The third-order valence-corrected chi connectivity index (χ3v) is 1.50. The van der Waals surface area contributed by atoms with Gasteiger partial charge in [-0.3, -0.25) is 10.7 Å². The van der Waals surface area contributed by atoms with Crippen LogP contribution in [0.1, 0.15) is 13.3 Å². The van der Waals surface area contributed by atoms with E-state index in [0.29, 0.717) is 17.8 Å². The summed E-state index contributed by atoms with van der Waals surface area (Å²) in [6, 6.07) is 0. The SMILES string of the molecule is CC1=C(NO)C(=N)CC=C1. The van der Waals surface area contributed by atoms with Gasteiger partial charge >= 0.3 is 0 Å². The number of allylic oxidation sites excluding steroid dienone is 4. The fourth-order valence-corrected chi connectivity index (χ4v) is 0.933. The molecule has 3 nitrogen and oxygen atoms in total. The second-order valence-electron chi connectivity index (χ2n) is 2.25. The van der Waals surface area contributed by atoms with Crippen molar-refractivity contribution in [2.24, 2.45) is 0 Å². The van der Waals surface area contributed by atoms with Crippen molar-refractivity contribution in [3.05, 3.63) is 23.4 Å². The molecule has 0 fully saturated rings. The molecular formula is C7H10N2O. The Morgan fingerprint density at radius 2 is 2.40 bits per heavy atom. The van der Waals surface area contributed by atoms with Gasteiger partial charge in [0.1, 0.15) is 0 Å². The fourth-order valence-electron chi connectivity index (χ4n) is 0.933. The summed E-state index contributed by atoms with van der Waals surface area (Å²) in [5.74, 6) is 0. The van der Waals surface area contributed by atoms with Crippen molar-refractivity contribution in [2.75, 3.05) is 0 Å². The quantitative estimate of drug-likeness (QED) is 0.477. The zero-order valence-electron chi connectivity index (χ0n) is 5.81. The highest BCUT2D eigenvalue weighted by atomic mass is 16.5. The Hall–Kier alpha value is -1.09. The molecule has 1 rings (SSSR count). The van der Waals surface area contributed by atoms with E-state index in [4.69, 9.17) is 10.6 Å². The molecule has 0 radical (unpaired) electrons. The van der Waals surface area contributed by atoms with Crippen molar-refractivity contribution in [1.82, 2.24) is 5.48 Å². The first-order chi connectivity index (χ1) is 4.75. The third-order valence-electron chi connectivity index (χ3n) is 1.50. The molecule has 0 bridgehead atoms. The van der Waals surface area contributed by atoms with E-state index in [9.17, 15) is 0 Å². The van der Waals surface area contributed by atoms with Crippen LogP contribution in [0.2, 0.25) is 0 Å². The van der Waals surface area contributed by atoms with Crippen LogP contribution in [-0.2, 0) is 0 Å². The molecule has 54 valence electrons. The van der Waals surface area contributed by atoms with E-state index < -0.39 is 0 Å². The minimum atomic E-state index is 0.433. The zero-order valence-corrected chi connectivity index (χ0v) is 5.81. The Balaban J connectivity index is 2.94. The van der Waals surface area contributed by atoms with E-state index >= 15 is 0 Å². The average Bonchev–Trinajstić information content (AvgIpc) is 1.88. The van der Waals surface area contributed by atoms with Crippen molar-refractivity contribution >= 4 is 5.71 Å². The lowest BCUT2D eigenvalue weighted by molar-refractivity contribution is 0.206. The van der Waals surface area contributed by atoms with E-state index in [2.05, 4.69) is 0 Å². The first kappa shape index (κ1) is 7.02. The molecule has 0 atom stereocenters. The lowest BCUT2D eigenvalue weighted by Crippen LogP contribution is -2.19. The van der Waals surface area contributed by atoms with E-state index in [1.807, 2.05) is 24.6 Å². The molecule has 1 aliphatic rings. The average molecular weight is 138 g/mol. The smallest absolute Gasteiger partial charge is 0.0841 e. The fraction of sp³-hybridized carbons (Fsp3) is 0.286. The first-order valence-electron chi connectivity index (χ1n) is 3.11. The highest BCUT2D eigenvalue weighted by Crippen LogP contribution is 2.11. The van der Waals surface area contributed by atoms with Gasteiger partial charge < -0.3 is 5.41 Å². The van der Waals surface area contributed by atoms with Crippen LogP contribution in [0.5, 0.6) is 0 Å². The molecule has 0 aromatic rings. The van der Waals surface area contributed by atoms with Crippen LogP contribution < -0.4 is 5.48 Å². The molecule has 0 spiro atoms. The molecule has 0 amide bonds. The van der Waals surface area contributed by atoms with Gasteiger partial charge in [-0.2, -0.15) is 0 Å². The predicted molar refractivity (Wildman–Crippen MR) is 39.1 cm³/mol. The predicted octanol–water partition coefficient (Wildman–Crippen LogP) is 1.22. The number of hydrogen-bond acceptors (Lipinski definition) is 3. The van der Waals surface area contributed by atoms with Gasteiger partial charge in [0.05, 0.1) is 11.4 Å². The lowest BCUT2D eigenvalue weighted by Gasteiger charge is -2.11. The van der Waals surface area contributed by atoms with Crippen molar-refractivity contribution in [3.8, 4) is 0 Å². The molecule has 0 aliphatic heterocycles. The maximum absolute atomic E-state index is 8.55. The molecule has 10 heavy (non-hydrogen) atoms. The Bertz CT molecular complexity index is 216. The van der Waals surface area contributed by atoms with Gasteiger partial charge in [0.2, 0.25) is 0 Å². The second-order valence-corrected chi connectivity index (χ2v) is 2.25. The van der Waals surface area contributed by atoms with Gasteiger partial charge in [-0.1, -0.05) is 12.2 Å². The van der Waals surface area contributed by atoms with Crippen LogP contribution in [0.3, 0.4) is 0 Å². The van der Waals surface area contributed by atoms with Crippen LogP contribution in [-0.4, -0.2) is 10.9 Å². The molecule has 0 heterocycles. The summed E-state index contributed by atoms with van der Waals surface area (Å²) >= 11 is 0.